The molecule has 0 heterocycles. The topological polar surface area (TPSA) is 50.1 Å². The molecule has 0 unspecified atom stereocenters. The maximum Gasteiger partial charge on any atom is 0.201 e. The highest BCUT2D eigenvalue weighted by Gasteiger charge is 2.13. The van der Waals surface area contributed by atoms with E-state index in [-0.39, 0.29) is 28.7 Å². The van der Waals surface area contributed by atoms with E-state index in [2.05, 4.69) is 0 Å². The molecule has 0 atom stereocenters. The van der Waals surface area contributed by atoms with Gasteiger partial charge in [-0.05, 0) is 24.3 Å². The molecule has 0 amide bonds. The quantitative estimate of drug-likeness (QED) is 0.798. The van der Waals surface area contributed by atoms with Crippen molar-refractivity contribution in [2.24, 2.45) is 0 Å². The van der Waals surface area contributed by atoms with Gasteiger partial charge in [0.2, 0.25) is 5.78 Å². The number of carbonyl (C=O) groups is 1. The van der Waals surface area contributed by atoms with Gasteiger partial charge in [-0.3, -0.25) is 4.79 Å². The first-order valence-corrected chi connectivity index (χ1v) is 6.48. The predicted octanol–water partition coefficient (Wildman–Crippen LogP) is 4.13. The van der Waals surface area contributed by atoms with E-state index in [0.29, 0.717) is 10.6 Å². The van der Waals surface area contributed by atoms with Crippen LogP contribution in [0.2, 0.25) is 10.0 Å². The van der Waals surface area contributed by atoms with Crippen LogP contribution < -0.4 is 4.74 Å². The lowest BCUT2D eigenvalue weighted by molar-refractivity contribution is 0.0921. The van der Waals surface area contributed by atoms with E-state index in [9.17, 15) is 4.79 Å². The smallest absolute Gasteiger partial charge is 0.201 e. The molecular formula is C15H9Cl2NO2. The van der Waals surface area contributed by atoms with Crippen LogP contribution in [0.5, 0.6) is 5.75 Å². The average molecular weight is 306 g/mol. The van der Waals surface area contributed by atoms with Gasteiger partial charge >= 0.3 is 0 Å². The highest BCUT2D eigenvalue weighted by atomic mass is 35.5. The average Bonchev–Trinajstić information content (AvgIpc) is 2.45. The molecule has 2 aromatic rings. The number of carbonyl (C=O) groups excluding carboxylic acids is 1. The van der Waals surface area contributed by atoms with Crippen LogP contribution in [0.1, 0.15) is 15.9 Å². The Labute approximate surface area is 126 Å². The number of halogens is 2. The van der Waals surface area contributed by atoms with Crippen molar-refractivity contribution < 1.29 is 9.53 Å². The van der Waals surface area contributed by atoms with Gasteiger partial charge in [-0.25, -0.2) is 0 Å². The third-order valence-corrected chi connectivity index (χ3v) is 3.26. The number of ether oxygens (including phenoxy) is 1. The van der Waals surface area contributed by atoms with Crippen molar-refractivity contribution in [2.75, 3.05) is 6.61 Å². The molecule has 2 rings (SSSR count). The van der Waals surface area contributed by atoms with Crippen molar-refractivity contribution in [3.63, 3.8) is 0 Å². The van der Waals surface area contributed by atoms with Crippen molar-refractivity contribution >= 4 is 29.0 Å². The molecule has 100 valence electrons. The third kappa shape index (κ3) is 3.11. The Bertz CT molecular complexity index is 693. The molecule has 0 aromatic heterocycles. The Kier molecular flexibility index (Phi) is 4.62. The maximum atomic E-state index is 12.0. The largest absolute Gasteiger partial charge is 0.484 e. The van der Waals surface area contributed by atoms with Crippen LogP contribution in [0.4, 0.5) is 0 Å². The molecule has 0 bridgehead atoms. The van der Waals surface area contributed by atoms with Crippen molar-refractivity contribution in [3.8, 4) is 11.8 Å². The van der Waals surface area contributed by atoms with E-state index in [4.69, 9.17) is 33.2 Å². The second-order valence-electron chi connectivity index (χ2n) is 3.92. The molecule has 2 aromatic carbocycles. The van der Waals surface area contributed by atoms with Crippen molar-refractivity contribution in [1.82, 2.24) is 0 Å². The number of hydrogen-bond acceptors (Lipinski definition) is 3. The summed E-state index contributed by atoms with van der Waals surface area (Å²) in [5.41, 5.74) is 0.593. The molecule has 5 heteroatoms. The van der Waals surface area contributed by atoms with Gasteiger partial charge in [0.05, 0.1) is 10.0 Å². The summed E-state index contributed by atoms with van der Waals surface area (Å²) in [6.07, 6.45) is 0. The van der Waals surface area contributed by atoms with Crippen LogP contribution in [0.3, 0.4) is 0 Å². The molecule has 0 saturated carbocycles. The lowest BCUT2D eigenvalue weighted by Gasteiger charge is -2.08. The summed E-state index contributed by atoms with van der Waals surface area (Å²) < 4.78 is 5.36. The van der Waals surface area contributed by atoms with Crippen LogP contribution in [0.25, 0.3) is 0 Å². The van der Waals surface area contributed by atoms with Crippen LogP contribution >= 0.6 is 23.2 Å². The van der Waals surface area contributed by atoms with Gasteiger partial charge in [-0.15, -0.1) is 0 Å². The molecule has 0 aliphatic heterocycles. The molecule has 0 saturated heterocycles. The van der Waals surface area contributed by atoms with Crippen molar-refractivity contribution in [1.29, 1.82) is 5.26 Å². The minimum absolute atomic E-state index is 0.209. The highest BCUT2D eigenvalue weighted by Crippen LogP contribution is 2.25. The Morgan fingerprint density at radius 3 is 2.50 bits per heavy atom. The van der Waals surface area contributed by atoms with E-state index in [1.807, 2.05) is 6.07 Å². The SMILES string of the molecule is N#Cc1c(Cl)cccc1OCC(=O)c1ccccc1Cl. The monoisotopic (exact) mass is 305 g/mol. The molecule has 3 nitrogen and oxygen atoms in total. The first-order valence-electron chi connectivity index (χ1n) is 5.72. The van der Waals surface area contributed by atoms with E-state index in [0.717, 1.165) is 0 Å². The first-order chi connectivity index (χ1) is 9.63. The Balaban J connectivity index is 2.14. The number of nitrogens with zero attached hydrogens (tertiary/aromatic N) is 1. The second-order valence-corrected chi connectivity index (χ2v) is 4.73. The van der Waals surface area contributed by atoms with Crippen molar-refractivity contribution in [3.05, 3.63) is 63.6 Å². The summed E-state index contributed by atoms with van der Waals surface area (Å²) >= 11 is 11.8. The number of Topliss-reactive ketones (excluding diaryl/α,β-unsaturated/α-hetero) is 1. The summed E-state index contributed by atoms with van der Waals surface area (Å²) in [7, 11) is 0. The van der Waals surface area contributed by atoms with Gasteiger partial charge in [0.1, 0.15) is 17.4 Å². The molecule has 0 spiro atoms. The van der Waals surface area contributed by atoms with Gasteiger partial charge in [0, 0.05) is 5.56 Å². The molecule has 0 radical (unpaired) electrons. The summed E-state index contributed by atoms with van der Waals surface area (Å²) in [6.45, 7) is -0.210. The maximum absolute atomic E-state index is 12.0. The summed E-state index contributed by atoms with van der Waals surface area (Å²) in [5.74, 6) is 0.0138. The van der Waals surface area contributed by atoms with E-state index in [1.165, 1.54) is 0 Å². The number of ketones is 1. The Morgan fingerprint density at radius 2 is 1.80 bits per heavy atom. The fourth-order valence-electron chi connectivity index (χ4n) is 1.64. The van der Waals surface area contributed by atoms with E-state index in [1.54, 1.807) is 42.5 Å². The van der Waals surface area contributed by atoms with E-state index < -0.39 is 0 Å². The summed E-state index contributed by atoms with van der Waals surface area (Å²) in [5, 5.41) is 9.66. The zero-order valence-electron chi connectivity index (χ0n) is 10.3. The number of nitriles is 1. The van der Waals surface area contributed by atoms with Crippen LogP contribution in [0, 0.1) is 11.3 Å². The number of hydrogen-bond donors (Lipinski definition) is 0. The van der Waals surface area contributed by atoms with Gasteiger partial charge in [-0.2, -0.15) is 5.26 Å². The fraction of sp³-hybridized carbons (Fsp3) is 0.0667. The predicted molar refractivity (Wildman–Crippen MR) is 77.4 cm³/mol. The zero-order valence-corrected chi connectivity index (χ0v) is 11.8. The molecule has 0 N–H and O–H groups in total. The normalized spacial score (nSPS) is 9.85. The summed E-state index contributed by atoms with van der Waals surface area (Å²) in [4.78, 5) is 12.0. The van der Waals surface area contributed by atoms with Gasteiger partial charge < -0.3 is 4.74 Å². The van der Waals surface area contributed by atoms with Crippen LogP contribution in [0.15, 0.2) is 42.5 Å². The molecule has 0 aliphatic carbocycles. The number of rotatable bonds is 4. The van der Waals surface area contributed by atoms with Crippen LogP contribution in [-0.4, -0.2) is 12.4 Å². The van der Waals surface area contributed by atoms with Crippen molar-refractivity contribution in [2.45, 2.75) is 0 Å². The second kappa shape index (κ2) is 6.42. The Morgan fingerprint density at radius 1 is 1.10 bits per heavy atom. The number of benzene rings is 2. The van der Waals surface area contributed by atoms with Gasteiger partial charge in [0.15, 0.2) is 6.61 Å². The minimum Gasteiger partial charge on any atom is -0.484 e. The first kappa shape index (κ1) is 14.4. The minimum atomic E-state index is -0.264. The molecule has 0 fully saturated rings. The highest BCUT2D eigenvalue weighted by molar-refractivity contribution is 6.34. The summed E-state index contributed by atoms with van der Waals surface area (Å²) in [6, 6.07) is 13.5. The molecular weight excluding hydrogens is 297 g/mol. The molecule has 20 heavy (non-hydrogen) atoms. The Hall–Kier alpha value is -2.02. The zero-order chi connectivity index (χ0) is 14.5. The van der Waals surface area contributed by atoms with E-state index >= 15 is 0 Å². The van der Waals surface area contributed by atoms with Gasteiger partial charge in [-0.1, -0.05) is 41.4 Å². The standard InChI is InChI=1S/C15H9Cl2NO2/c16-12-5-2-1-4-10(12)14(19)9-20-15-7-3-6-13(17)11(15)8-18/h1-7H,9H2. The van der Waals surface area contributed by atoms with Crippen LogP contribution in [-0.2, 0) is 0 Å². The lowest BCUT2D eigenvalue weighted by Crippen LogP contribution is -2.12. The third-order valence-electron chi connectivity index (χ3n) is 2.62. The molecule has 0 aliphatic rings. The van der Waals surface area contributed by atoms with Gasteiger partial charge in [0.25, 0.3) is 0 Å². The fourth-order valence-corrected chi connectivity index (χ4v) is 2.09. The lowest BCUT2D eigenvalue weighted by atomic mass is 10.1.